The van der Waals surface area contributed by atoms with Crippen LogP contribution in [0.25, 0.3) is 0 Å². The summed E-state index contributed by atoms with van der Waals surface area (Å²) in [7, 11) is 0. The van der Waals surface area contributed by atoms with Gasteiger partial charge in [0.05, 0.1) is 11.0 Å². The van der Waals surface area contributed by atoms with Crippen LogP contribution in [0.4, 0.5) is 13.2 Å². The lowest BCUT2D eigenvalue weighted by Crippen LogP contribution is -2.47. The van der Waals surface area contributed by atoms with Crippen molar-refractivity contribution in [2.75, 3.05) is 19.6 Å². The van der Waals surface area contributed by atoms with Crippen molar-refractivity contribution in [3.8, 4) is 5.75 Å². The summed E-state index contributed by atoms with van der Waals surface area (Å²) in [5.74, 6) is 1.44. The molecular formula is C29H34F3N3O2. The summed E-state index contributed by atoms with van der Waals surface area (Å²) in [6.07, 6.45) is 4.11. The van der Waals surface area contributed by atoms with Crippen LogP contribution in [0.2, 0.25) is 0 Å². The summed E-state index contributed by atoms with van der Waals surface area (Å²) in [6, 6.07) is 11.5. The minimum absolute atomic E-state index is 0.155. The van der Waals surface area contributed by atoms with E-state index in [9.17, 15) is 18.0 Å². The van der Waals surface area contributed by atoms with E-state index >= 15 is 0 Å². The van der Waals surface area contributed by atoms with Gasteiger partial charge in [-0.25, -0.2) is 0 Å². The number of pyridine rings is 1. The highest BCUT2D eigenvalue weighted by molar-refractivity contribution is 5.84. The van der Waals surface area contributed by atoms with Crippen LogP contribution in [0.5, 0.6) is 5.75 Å². The highest BCUT2D eigenvalue weighted by Crippen LogP contribution is 2.56. The van der Waals surface area contributed by atoms with Crippen LogP contribution < -0.4 is 4.74 Å². The fourth-order valence-electron chi connectivity index (χ4n) is 7.36. The molecule has 3 fully saturated rings. The lowest BCUT2D eigenvalue weighted by Gasteiger charge is -2.39. The number of rotatable bonds is 4. The van der Waals surface area contributed by atoms with Crippen LogP contribution >= 0.6 is 0 Å². The van der Waals surface area contributed by atoms with Gasteiger partial charge in [0.2, 0.25) is 5.91 Å². The van der Waals surface area contributed by atoms with Crippen molar-refractivity contribution in [2.45, 2.75) is 76.2 Å². The van der Waals surface area contributed by atoms with Crippen LogP contribution in [-0.2, 0) is 23.9 Å². The monoisotopic (exact) mass is 513 g/mol. The zero-order valence-electron chi connectivity index (χ0n) is 21.1. The quantitative estimate of drug-likeness (QED) is 0.544. The predicted molar refractivity (Wildman–Crippen MR) is 133 cm³/mol. The first-order chi connectivity index (χ1) is 17.8. The van der Waals surface area contributed by atoms with Crippen LogP contribution in [0, 0.1) is 11.3 Å². The molecule has 0 spiro atoms. The number of alkyl halides is 3. The topological polar surface area (TPSA) is 45.7 Å². The van der Waals surface area contributed by atoms with Crippen molar-refractivity contribution in [3.05, 3.63) is 59.4 Å². The first-order valence-electron chi connectivity index (χ1n) is 13.6. The highest BCUT2D eigenvalue weighted by atomic mass is 19.4. The number of carbonyl (C=O) groups excluding carboxylic acids is 1. The molecule has 2 saturated carbocycles. The van der Waals surface area contributed by atoms with Gasteiger partial charge in [0.25, 0.3) is 0 Å². The molecular weight excluding hydrogens is 479 g/mol. The molecule has 1 amide bonds. The number of benzene rings is 1. The Labute approximate surface area is 216 Å². The van der Waals surface area contributed by atoms with Crippen LogP contribution in [0.1, 0.15) is 61.8 Å². The van der Waals surface area contributed by atoms with Crippen molar-refractivity contribution in [1.82, 2.24) is 14.8 Å². The number of amides is 1. The SMILES string of the molecule is O=C(N1CCc2ncc(C(F)(F)F)cc2C1)[C@@]12CCC[C@@H]1C[C@@H](N1CCC(Oc3ccccc3)CC1)C2. The summed E-state index contributed by atoms with van der Waals surface area (Å²) in [5, 5.41) is 0. The number of para-hydroxylation sites is 1. The highest BCUT2D eigenvalue weighted by Gasteiger charge is 2.57. The molecule has 1 saturated heterocycles. The van der Waals surface area contributed by atoms with Gasteiger partial charge in [-0.2, -0.15) is 13.2 Å². The number of halogens is 3. The maximum atomic E-state index is 14.0. The number of ether oxygens (including phenoxy) is 1. The molecule has 198 valence electrons. The van der Waals surface area contributed by atoms with Gasteiger partial charge >= 0.3 is 6.18 Å². The molecule has 0 bridgehead atoms. The first kappa shape index (κ1) is 24.7. The van der Waals surface area contributed by atoms with Crippen LogP contribution in [0.15, 0.2) is 42.6 Å². The minimum atomic E-state index is -4.43. The number of carbonyl (C=O) groups is 1. The van der Waals surface area contributed by atoms with Crippen LogP contribution in [0.3, 0.4) is 0 Å². The summed E-state index contributed by atoms with van der Waals surface area (Å²) >= 11 is 0. The van der Waals surface area contributed by atoms with Crippen molar-refractivity contribution < 1.29 is 22.7 Å². The normalized spacial score (nSPS) is 28.7. The number of nitrogens with zero attached hydrogens (tertiary/aromatic N) is 3. The van der Waals surface area contributed by atoms with Gasteiger partial charge < -0.3 is 14.5 Å². The molecule has 37 heavy (non-hydrogen) atoms. The minimum Gasteiger partial charge on any atom is -0.490 e. The lowest BCUT2D eigenvalue weighted by molar-refractivity contribution is -0.144. The van der Waals surface area contributed by atoms with Crippen molar-refractivity contribution in [3.63, 3.8) is 0 Å². The fraction of sp³-hybridized carbons (Fsp3) is 0.586. The smallest absolute Gasteiger partial charge is 0.417 e. The average Bonchev–Trinajstić information content (AvgIpc) is 3.47. The zero-order valence-corrected chi connectivity index (χ0v) is 21.1. The number of fused-ring (bicyclic) bond motifs is 2. The Bertz CT molecular complexity index is 1130. The largest absolute Gasteiger partial charge is 0.490 e. The number of hydrogen-bond donors (Lipinski definition) is 0. The number of hydrogen-bond acceptors (Lipinski definition) is 4. The van der Waals surface area contributed by atoms with Gasteiger partial charge in [0.15, 0.2) is 0 Å². The second-order valence-corrected chi connectivity index (χ2v) is 11.3. The molecule has 1 aromatic heterocycles. The summed E-state index contributed by atoms with van der Waals surface area (Å²) in [4.78, 5) is 22.5. The Morgan fingerprint density at radius 2 is 1.86 bits per heavy atom. The molecule has 2 aliphatic heterocycles. The Morgan fingerprint density at radius 3 is 2.62 bits per heavy atom. The van der Waals surface area contributed by atoms with E-state index in [0.29, 0.717) is 36.2 Å². The molecule has 6 rings (SSSR count). The van der Waals surface area contributed by atoms with Gasteiger partial charge in [-0.05, 0) is 68.2 Å². The van der Waals surface area contributed by atoms with E-state index in [2.05, 4.69) is 9.88 Å². The maximum absolute atomic E-state index is 14.0. The molecule has 0 N–H and O–H groups in total. The van der Waals surface area contributed by atoms with Crippen molar-refractivity contribution in [1.29, 1.82) is 0 Å². The molecule has 3 heterocycles. The second kappa shape index (κ2) is 9.61. The Hall–Kier alpha value is -2.61. The molecule has 2 aliphatic carbocycles. The Balaban J connectivity index is 1.11. The van der Waals surface area contributed by atoms with Gasteiger partial charge in [0.1, 0.15) is 11.9 Å². The summed E-state index contributed by atoms with van der Waals surface area (Å²) in [6.45, 7) is 2.71. The summed E-state index contributed by atoms with van der Waals surface area (Å²) in [5.41, 5.74) is 0.116. The molecule has 0 unspecified atom stereocenters. The average molecular weight is 514 g/mol. The maximum Gasteiger partial charge on any atom is 0.417 e. The predicted octanol–water partition coefficient (Wildman–Crippen LogP) is 5.48. The van der Waals surface area contributed by atoms with E-state index in [4.69, 9.17) is 4.74 Å². The van der Waals surface area contributed by atoms with Crippen molar-refractivity contribution >= 4 is 5.91 Å². The van der Waals surface area contributed by atoms with E-state index in [1.165, 1.54) is 6.07 Å². The lowest BCUT2D eigenvalue weighted by atomic mass is 9.78. The number of likely N-dealkylation sites (tertiary alicyclic amines) is 1. The second-order valence-electron chi connectivity index (χ2n) is 11.3. The Kier molecular flexibility index (Phi) is 6.42. The van der Waals surface area contributed by atoms with Crippen molar-refractivity contribution in [2.24, 2.45) is 11.3 Å². The molecule has 0 radical (unpaired) electrons. The third-order valence-electron chi connectivity index (χ3n) is 9.23. The van der Waals surface area contributed by atoms with E-state index in [-0.39, 0.29) is 24.0 Å². The molecule has 4 aliphatic rings. The Morgan fingerprint density at radius 1 is 1.08 bits per heavy atom. The molecule has 5 nitrogen and oxygen atoms in total. The molecule has 1 aromatic carbocycles. The standard InChI is InChI=1S/C29H34F3N3O2/c30-29(31,32)22-15-20-19-35(14-10-26(20)33-18-22)27(36)28-11-4-5-21(28)16-23(17-28)34-12-8-25(9-13-34)37-24-6-2-1-3-7-24/h1-3,6-7,15,18,21,23,25H,4-5,8-14,16-17,19H2/t21-,23-,28-/m1/s1. The summed E-state index contributed by atoms with van der Waals surface area (Å²) < 4.78 is 45.9. The number of piperidine rings is 1. The van der Waals surface area contributed by atoms with Gasteiger partial charge in [-0.3, -0.25) is 9.78 Å². The molecule has 8 heteroatoms. The fourth-order valence-corrected chi connectivity index (χ4v) is 7.36. The van der Waals surface area contributed by atoms with E-state index in [1.54, 1.807) is 0 Å². The van der Waals surface area contributed by atoms with E-state index in [0.717, 1.165) is 70.0 Å². The molecule has 3 atom stereocenters. The zero-order chi connectivity index (χ0) is 25.6. The number of aromatic nitrogens is 1. The third kappa shape index (κ3) is 4.73. The molecule has 2 aromatic rings. The van der Waals surface area contributed by atoms with E-state index < -0.39 is 11.7 Å². The van der Waals surface area contributed by atoms with Crippen LogP contribution in [-0.4, -0.2) is 52.5 Å². The van der Waals surface area contributed by atoms with Gasteiger partial charge in [-0.1, -0.05) is 24.6 Å². The third-order valence-corrected chi connectivity index (χ3v) is 9.23. The van der Waals surface area contributed by atoms with Gasteiger partial charge in [-0.15, -0.1) is 0 Å². The van der Waals surface area contributed by atoms with Gasteiger partial charge in [0, 0.05) is 50.5 Å². The van der Waals surface area contributed by atoms with E-state index in [1.807, 2.05) is 35.2 Å². The first-order valence-corrected chi connectivity index (χ1v) is 13.6.